The Bertz CT molecular complexity index is 679. The van der Waals surface area contributed by atoms with Gasteiger partial charge in [0.05, 0.1) is 16.8 Å². The second-order valence-electron chi connectivity index (χ2n) is 5.40. The van der Waals surface area contributed by atoms with E-state index in [1.807, 2.05) is 4.57 Å². The molecule has 106 valence electrons. The van der Waals surface area contributed by atoms with Crippen molar-refractivity contribution in [3.05, 3.63) is 24.0 Å². The van der Waals surface area contributed by atoms with Crippen LogP contribution in [-0.4, -0.2) is 26.4 Å². The van der Waals surface area contributed by atoms with Gasteiger partial charge >= 0.3 is 5.97 Å². The number of thioether (sulfide) groups is 1. The van der Waals surface area contributed by atoms with Crippen molar-refractivity contribution in [1.29, 1.82) is 0 Å². The Balaban J connectivity index is 2.12. The molecule has 0 radical (unpaired) electrons. The number of imidazole rings is 1. The minimum absolute atomic E-state index is 0.0398. The summed E-state index contributed by atoms with van der Waals surface area (Å²) in [5.74, 6) is -1.21. The molecule has 1 aromatic heterocycles. The maximum absolute atomic E-state index is 13.5. The van der Waals surface area contributed by atoms with E-state index < -0.39 is 5.97 Å². The molecule has 0 unspecified atom stereocenters. The zero-order valence-electron chi connectivity index (χ0n) is 11.1. The molecular formula is C14H15FN2O2S. The lowest BCUT2D eigenvalue weighted by atomic mass is 9.78. The molecule has 3 rings (SSSR count). The molecule has 20 heavy (non-hydrogen) atoms. The average Bonchev–Trinajstić information content (AvgIpc) is 2.71. The van der Waals surface area contributed by atoms with Crippen molar-refractivity contribution in [3.63, 3.8) is 0 Å². The molecule has 1 aromatic carbocycles. The first kappa shape index (κ1) is 13.4. The molecule has 0 saturated heterocycles. The average molecular weight is 294 g/mol. The Morgan fingerprint density at radius 2 is 2.30 bits per heavy atom. The maximum Gasteiger partial charge on any atom is 0.313 e. The summed E-state index contributed by atoms with van der Waals surface area (Å²) in [5.41, 5.74) is 1.39. The van der Waals surface area contributed by atoms with Gasteiger partial charge in [-0.1, -0.05) is 11.8 Å². The van der Waals surface area contributed by atoms with Gasteiger partial charge in [0.2, 0.25) is 0 Å². The van der Waals surface area contributed by atoms with E-state index in [1.165, 1.54) is 23.9 Å². The summed E-state index contributed by atoms with van der Waals surface area (Å²) in [6.45, 7) is 2.12. The smallest absolute Gasteiger partial charge is 0.313 e. The number of aromatic nitrogens is 2. The van der Waals surface area contributed by atoms with E-state index in [0.717, 1.165) is 24.8 Å². The van der Waals surface area contributed by atoms with Gasteiger partial charge in [0.1, 0.15) is 5.82 Å². The van der Waals surface area contributed by atoms with Crippen LogP contribution in [0.2, 0.25) is 0 Å². The minimum atomic E-state index is -0.876. The van der Waals surface area contributed by atoms with Crippen LogP contribution in [0.1, 0.15) is 26.2 Å². The number of benzene rings is 1. The van der Waals surface area contributed by atoms with Crippen molar-refractivity contribution in [2.75, 3.05) is 5.75 Å². The number of hydrogen-bond donors (Lipinski definition) is 1. The van der Waals surface area contributed by atoms with Crippen molar-refractivity contribution < 1.29 is 14.3 Å². The Kier molecular flexibility index (Phi) is 3.20. The van der Waals surface area contributed by atoms with Crippen molar-refractivity contribution in [2.24, 2.45) is 0 Å². The van der Waals surface area contributed by atoms with Gasteiger partial charge in [-0.15, -0.1) is 0 Å². The highest BCUT2D eigenvalue weighted by Gasteiger charge is 2.37. The van der Waals surface area contributed by atoms with Crippen molar-refractivity contribution in [1.82, 2.24) is 9.55 Å². The molecule has 4 nitrogen and oxygen atoms in total. The number of carboxylic acids is 1. The summed E-state index contributed by atoms with van der Waals surface area (Å²) < 4.78 is 15.5. The molecule has 1 aliphatic carbocycles. The number of hydrogen-bond acceptors (Lipinski definition) is 3. The van der Waals surface area contributed by atoms with Crippen LogP contribution >= 0.6 is 11.8 Å². The van der Waals surface area contributed by atoms with Crippen LogP contribution in [0, 0.1) is 5.82 Å². The first-order valence-corrected chi connectivity index (χ1v) is 7.51. The lowest BCUT2D eigenvalue weighted by Gasteiger charge is -2.41. The van der Waals surface area contributed by atoms with E-state index in [4.69, 9.17) is 5.11 Å². The van der Waals surface area contributed by atoms with Crippen LogP contribution < -0.4 is 0 Å². The van der Waals surface area contributed by atoms with E-state index in [2.05, 4.69) is 11.9 Å². The molecule has 0 bridgehead atoms. The normalized spacial score (nSPS) is 17.1. The topological polar surface area (TPSA) is 55.1 Å². The van der Waals surface area contributed by atoms with Gasteiger partial charge in [-0.05, 0) is 44.4 Å². The summed E-state index contributed by atoms with van der Waals surface area (Å²) >= 11 is 1.19. The van der Waals surface area contributed by atoms with Crippen LogP contribution in [0.4, 0.5) is 4.39 Å². The number of aliphatic carboxylic acids is 1. The lowest BCUT2D eigenvalue weighted by Crippen LogP contribution is -2.37. The van der Waals surface area contributed by atoms with Crippen LogP contribution in [-0.2, 0) is 10.3 Å². The molecule has 1 heterocycles. The zero-order chi connectivity index (χ0) is 14.3. The number of nitrogens with zero attached hydrogens (tertiary/aromatic N) is 2. The summed E-state index contributed by atoms with van der Waals surface area (Å²) in [6.07, 6.45) is 3.15. The van der Waals surface area contributed by atoms with E-state index in [1.54, 1.807) is 6.07 Å². The Hall–Kier alpha value is -1.56. The fraction of sp³-hybridized carbons (Fsp3) is 0.429. The molecular weight excluding hydrogens is 279 g/mol. The monoisotopic (exact) mass is 294 g/mol. The molecule has 2 aromatic rings. The van der Waals surface area contributed by atoms with Gasteiger partial charge < -0.3 is 9.67 Å². The summed E-state index contributed by atoms with van der Waals surface area (Å²) in [5, 5.41) is 9.50. The number of carboxylic acid groups (broad SMARTS) is 1. The van der Waals surface area contributed by atoms with Crippen LogP contribution in [0.15, 0.2) is 23.4 Å². The third-order valence-corrected chi connectivity index (χ3v) is 4.80. The predicted molar refractivity (Wildman–Crippen MR) is 75.5 cm³/mol. The van der Waals surface area contributed by atoms with Crippen LogP contribution in [0.3, 0.4) is 0 Å². The summed E-state index contributed by atoms with van der Waals surface area (Å²) in [7, 11) is 0. The Morgan fingerprint density at radius 3 is 2.90 bits per heavy atom. The van der Waals surface area contributed by atoms with Gasteiger partial charge in [0.25, 0.3) is 0 Å². The van der Waals surface area contributed by atoms with E-state index in [0.29, 0.717) is 10.7 Å². The molecule has 1 N–H and O–H groups in total. The second kappa shape index (κ2) is 4.77. The molecule has 0 aliphatic heterocycles. The lowest BCUT2D eigenvalue weighted by molar-refractivity contribution is -0.133. The molecule has 0 atom stereocenters. The van der Waals surface area contributed by atoms with E-state index in [-0.39, 0.29) is 17.1 Å². The SMILES string of the molecule is CC1(n2c(SCC(=O)O)nc3ccc(F)cc32)CCC1. The summed E-state index contributed by atoms with van der Waals surface area (Å²) in [4.78, 5) is 15.2. The molecule has 1 fully saturated rings. The van der Waals surface area contributed by atoms with Gasteiger partial charge in [-0.25, -0.2) is 9.37 Å². The van der Waals surface area contributed by atoms with Crippen molar-refractivity contribution in [2.45, 2.75) is 36.9 Å². The Labute approximate surface area is 120 Å². The van der Waals surface area contributed by atoms with Crippen molar-refractivity contribution >= 4 is 28.8 Å². The highest BCUT2D eigenvalue weighted by atomic mass is 32.2. The molecule has 1 saturated carbocycles. The number of rotatable bonds is 4. The molecule has 0 amide bonds. The predicted octanol–water partition coefficient (Wildman–Crippen LogP) is 3.25. The third-order valence-electron chi connectivity index (χ3n) is 3.88. The number of fused-ring (bicyclic) bond motifs is 1. The van der Waals surface area contributed by atoms with Crippen molar-refractivity contribution in [3.8, 4) is 0 Å². The zero-order valence-corrected chi connectivity index (χ0v) is 11.9. The third kappa shape index (κ3) is 2.18. The van der Waals surface area contributed by atoms with Crippen LogP contribution in [0.5, 0.6) is 0 Å². The maximum atomic E-state index is 13.5. The number of carbonyl (C=O) groups is 1. The van der Waals surface area contributed by atoms with Gasteiger partial charge in [-0.2, -0.15) is 0 Å². The Morgan fingerprint density at radius 1 is 1.55 bits per heavy atom. The molecule has 1 aliphatic rings. The van der Waals surface area contributed by atoms with Gasteiger partial charge in [0, 0.05) is 5.54 Å². The number of halogens is 1. The summed E-state index contributed by atoms with van der Waals surface area (Å²) in [6, 6.07) is 4.51. The molecule has 6 heteroatoms. The van der Waals surface area contributed by atoms with E-state index in [9.17, 15) is 9.18 Å². The quantitative estimate of drug-likeness (QED) is 0.879. The highest BCUT2D eigenvalue weighted by Crippen LogP contribution is 2.43. The largest absolute Gasteiger partial charge is 0.481 e. The fourth-order valence-electron chi connectivity index (χ4n) is 2.68. The second-order valence-corrected chi connectivity index (χ2v) is 6.34. The minimum Gasteiger partial charge on any atom is -0.481 e. The van der Waals surface area contributed by atoms with Gasteiger partial charge in [0.15, 0.2) is 5.16 Å². The standard InChI is InChI=1S/C14H15FN2O2S/c1-14(5-2-6-14)17-11-7-9(15)3-4-10(11)16-13(17)20-8-12(18)19/h3-4,7H,2,5-6,8H2,1H3,(H,18,19). The first-order valence-electron chi connectivity index (χ1n) is 6.53. The van der Waals surface area contributed by atoms with E-state index >= 15 is 0 Å². The highest BCUT2D eigenvalue weighted by molar-refractivity contribution is 7.99. The fourth-order valence-corrected chi connectivity index (χ4v) is 3.55. The molecule has 0 spiro atoms. The van der Waals surface area contributed by atoms with Crippen LogP contribution in [0.25, 0.3) is 11.0 Å². The van der Waals surface area contributed by atoms with Gasteiger partial charge in [-0.3, -0.25) is 4.79 Å². The first-order chi connectivity index (χ1) is 9.49.